The SMILES string of the molecule is CCOC(=O)CC1(C(C#N)c2cnccc2C)CCN(C(=O)[C@](OC)(c2ccccc2)C(F)(F)F)CC1. The predicted molar refractivity (Wildman–Crippen MR) is 128 cm³/mol. The van der Waals surface area contributed by atoms with Gasteiger partial charge in [0.15, 0.2) is 0 Å². The van der Waals surface area contributed by atoms with Crippen LogP contribution in [0.1, 0.15) is 48.8 Å². The number of benzene rings is 1. The first kappa shape index (κ1) is 28.1. The first-order valence-electron chi connectivity index (χ1n) is 12.0. The number of piperidine rings is 1. The minimum Gasteiger partial charge on any atom is -0.466 e. The Morgan fingerprint density at radius 1 is 1.19 bits per heavy atom. The van der Waals surface area contributed by atoms with Crippen molar-refractivity contribution >= 4 is 11.9 Å². The Morgan fingerprint density at radius 3 is 2.35 bits per heavy atom. The van der Waals surface area contributed by atoms with Crippen molar-refractivity contribution in [3.05, 3.63) is 65.5 Å². The lowest BCUT2D eigenvalue weighted by atomic mass is 9.64. The van der Waals surface area contributed by atoms with Crippen LogP contribution in [0.5, 0.6) is 0 Å². The smallest absolute Gasteiger partial charge is 0.430 e. The third-order valence-electron chi connectivity index (χ3n) is 7.17. The van der Waals surface area contributed by atoms with Gasteiger partial charge in [-0.1, -0.05) is 30.3 Å². The fourth-order valence-electron chi connectivity index (χ4n) is 5.16. The zero-order chi connectivity index (χ0) is 27.3. The number of esters is 1. The lowest BCUT2D eigenvalue weighted by Gasteiger charge is -2.46. The van der Waals surface area contributed by atoms with E-state index in [1.54, 1.807) is 31.5 Å². The van der Waals surface area contributed by atoms with E-state index in [1.807, 2.05) is 6.92 Å². The molecule has 10 heteroatoms. The Kier molecular flexibility index (Phi) is 8.59. The maximum absolute atomic E-state index is 14.4. The molecule has 0 radical (unpaired) electrons. The molecule has 1 fully saturated rings. The summed E-state index contributed by atoms with van der Waals surface area (Å²) in [6.07, 6.45) is -1.72. The third kappa shape index (κ3) is 5.32. The minimum atomic E-state index is -5.03. The molecule has 198 valence electrons. The highest BCUT2D eigenvalue weighted by Crippen LogP contribution is 2.50. The highest BCUT2D eigenvalue weighted by molar-refractivity contribution is 5.88. The molecule has 0 N–H and O–H groups in total. The molecule has 1 aromatic heterocycles. The normalized spacial score (nSPS) is 17.8. The van der Waals surface area contributed by atoms with Crippen molar-refractivity contribution in [2.45, 2.75) is 50.8 Å². The van der Waals surface area contributed by atoms with Crippen LogP contribution in [0.25, 0.3) is 0 Å². The van der Waals surface area contributed by atoms with Crippen LogP contribution in [0.2, 0.25) is 0 Å². The molecule has 0 saturated carbocycles. The Balaban J connectivity index is 1.98. The van der Waals surface area contributed by atoms with Crippen LogP contribution < -0.4 is 0 Å². The number of alkyl halides is 3. The van der Waals surface area contributed by atoms with Crippen molar-refractivity contribution in [3.8, 4) is 6.07 Å². The van der Waals surface area contributed by atoms with Gasteiger partial charge in [-0.15, -0.1) is 0 Å². The van der Waals surface area contributed by atoms with Crippen LogP contribution in [0.4, 0.5) is 13.2 Å². The number of nitrogens with zero attached hydrogens (tertiary/aromatic N) is 3. The summed E-state index contributed by atoms with van der Waals surface area (Å²) in [4.78, 5) is 31.3. The van der Waals surface area contributed by atoms with E-state index in [2.05, 4.69) is 11.1 Å². The lowest BCUT2D eigenvalue weighted by molar-refractivity contribution is -0.271. The molecule has 0 spiro atoms. The van der Waals surface area contributed by atoms with Gasteiger partial charge in [-0.2, -0.15) is 18.4 Å². The molecular formula is C27H30F3N3O4. The average Bonchev–Trinajstić information content (AvgIpc) is 2.86. The first-order chi connectivity index (χ1) is 17.6. The number of hydrogen-bond acceptors (Lipinski definition) is 6. The molecule has 7 nitrogen and oxygen atoms in total. The molecule has 1 aliphatic heterocycles. The number of carbonyl (C=O) groups excluding carboxylic acids is 2. The molecule has 37 heavy (non-hydrogen) atoms. The van der Waals surface area contributed by atoms with Crippen molar-refractivity contribution in [2.75, 3.05) is 26.8 Å². The Bertz CT molecular complexity index is 1140. The number of aromatic nitrogens is 1. The van der Waals surface area contributed by atoms with Gasteiger partial charge in [-0.25, -0.2) is 0 Å². The van der Waals surface area contributed by atoms with Crippen LogP contribution in [-0.2, 0) is 24.7 Å². The van der Waals surface area contributed by atoms with E-state index < -0.39 is 35.0 Å². The fraction of sp³-hybridized carbons (Fsp3) is 0.481. The van der Waals surface area contributed by atoms with Crippen molar-refractivity contribution in [2.24, 2.45) is 5.41 Å². The molecule has 2 aromatic rings. The third-order valence-corrected chi connectivity index (χ3v) is 7.17. The molecule has 0 bridgehead atoms. The van der Waals surface area contributed by atoms with Crippen LogP contribution in [-0.4, -0.2) is 54.7 Å². The fourth-order valence-corrected chi connectivity index (χ4v) is 5.16. The molecule has 3 rings (SSSR count). The van der Waals surface area contributed by atoms with Crippen LogP contribution in [0, 0.1) is 23.7 Å². The van der Waals surface area contributed by atoms with Gasteiger partial charge in [0.05, 0.1) is 25.0 Å². The van der Waals surface area contributed by atoms with Crippen molar-refractivity contribution in [1.29, 1.82) is 5.26 Å². The number of likely N-dealkylation sites (tertiary alicyclic amines) is 1. The van der Waals surface area contributed by atoms with E-state index in [1.165, 1.54) is 24.3 Å². The molecule has 1 unspecified atom stereocenters. The number of hydrogen-bond donors (Lipinski definition) is 0. The molecular weight excluding hydrogens is 487 g/mol. The highest BCUT2D eigenvalue weighted by Gasteiger charge is 2.64. The molecule has 1 amide bonds. The number of aryl methyl sites for hydroxylation is 1. The van der Waals surface area contributed by atoms with Crippen molar-refractivity contribution in [3.63, 3.8) is 0 Å². The van der Waals surface area contributed by atoms with Gasteiger partial charge in [0, 0.05) is 43.6 Å². The highest BCUT2D eigenvalue weighted by atomic mass is 19.4. The summed E-state index contributed by atoms with van der Waals surface area (Å²) in [5.74, 6) is -2.51. The van der Waals surface area contributed by atoms with E-state index in [4.69, 9.17) is 9.47 Å². The second-order valence-corrected chi connectivity index (χ2v) is 9.18. The van der Waals surface area contributed by atoms with Gasteiger partial charge in [0.25, 0.3) is 11.5 Å². The van der Waals surface area contributed by atoms with Gasteiger partial charge in [0.2, 0.25) is 0 Å². The van der Waals surface area contributed by atoms with Crippen LogP contribution >= 0.6 is 0 Å². The number of amides is 1. The topological polar surface area (TPSA) is 92.5 Å². The maximum Gasteiger partial charge on any atom is 0.430 e. The van der Waals surface area contributed by atoms with Gasteiger partial charge in [-0.3, -0.25) is 14.6 Å². The van der Waals surface area contributed by atoms with Gasteiger partial charge in [-0.05, 0) is 43.9 Å². The number of halogens is 3. The molecule has 1 aromatic carbocycles. The van der Waals surface area contributed by atoms with Crippen molar-refractivity contribution < 1.29 is 32.2 Å². The summed E-state index contributed by atoms with van der Waals surface area (Å²) in [6, 6.07) is 10.9. The summed E-state index contributed by atoms with van der Waals surface area (Å²) < 4.78 is 53.4. The number of nitriles is 1. The quantitative estimate of drug-likeness (QED) is 0.473. The van der Waals surface area contributed by atoms with Gasteiger partial charge in [0.1, 0.15) is 0 Å². The van der Waals surface area contributed by atoms with Crippen LogP contribution in [0.15, 0.2) is 48.8 Å². The zero-order valence-electron chi connectivity index (χ0n) is 21.0. The molecule has 2 atom stereocenters. The monoisotopic (exact) mass is 517 g/mol. The standard InChI is InChI=1S/C27H30F3N3O4/c1-4-37-23(34)16-25(22(17-31)21-18-32-13-10-19(21)2)11-14-33(15-12-25)24(35)26(36-3,27(28,29)30)20-8-6-5-7-9-20/h5-10,13,18,22H,4,11-12,14-16H2,1-3H3/t22?,26-/m1/s1. The Morgan fingerprint density at radius 2 is 1.84 bits per heavy atom. The van der Waals surface area contributed by atoms with E-state index in [-0.39, 0.29) is 44.5 Å². The average molecular weight is 518 g/mol. The summed E-state index contributed by atoms with van der Waals surface area (Å²) in [5, 5.41) is 10.2. The molecule has 2 heterocycles. The van der Waals surface area contributed by atoms with E-state index >= 15 is 0 Å². The van der Waals surface area contributed by atoms with Gasteiger partial charge >= 0.3 is 12.1 Å². The summed E-state index contributed by atoms with van der Waals surface area (Å²) in [6.45, 7) is 3.47. The summed E-state index contributed by atoms with van der Waals surface area (Å²) in [7, 11) is 0.865. The van der Waals surface area contributed by atoms with Crippen molar-refractivity contribution in [1.82, 2.24) is 9.88 Å². The summed E-state index contributed by atoms with van der Waals surface area (Å²) in [5.41, 5.74) is -3.00. The molecule has 1 saturated heterocycles. The van der Waals surface area contributed by atoms with Gasteiger partial charge < -0.3 is 14.4 Å². The number of methoxy groups -OCH3 is 1. The van der Waals surface area contributed by atoms with E-state index in [0.29, 0.717) is 5.56 Å². The molecule has 1 aliphatic rings. The second kappa shape index (κ2) is 11.3. The maximum atomic E-state index is 14.4. The Labute approximate surface area is 214 Å². The minimum absolute atomic E-state index is 0.0935. The summed E-state index contributed by atoms with van der Waals surface area (Å²) >= 11 is 0. The van der Waals surface area contributed by atoms with E-state index in [0.717, 1.165) is 17.6 Å². The van der Waals surface area contributed by atoms with E-state index in [9.17, 15) is 28.0 Å². The Hall–Kier alpha value is -3.45. The number of carbonyl (C=O) groups is 2. The second-order valence-electron chi connectivity index (χ2n) is 9.18. The number of pyridine rings is 1. The lowest BCUT2D eigenvalue weighted by Crippen LogP contribution is -2.59. The number of rotatable bonds is 8. The molecule has 0 aliphatic carbocycles. The largest absolute Gasteiger partial charge is 0.466 e. The zero-order valence-corrected chi connectivity index (χ0v) is 21.0. The number of ether oxygens (including phenoxy) is 2. The van der Waals surface area contributed by atoms with Crippen LogP contribution in [0.3, 0.4) is 0 Å². The first-order valence-corrected chi connectivity index (χ1v) is 12.0. The predicted octanol–water partition coefficient (Wildman–Crippen LogP) is 4.66.